The normalized spacial score (nSPS) is 12.5. The maximum atomic E-state index is 13.1. The Labute approximate surface area is 88.7 Å². The minimum Gasteiger partial charge on any atom is -0.479 e. The maximum absolute atomic E-state index is 13.1. The topological polar surface area (TPSA) is 37.3 Å². The fraction of sp³-hybridized carbons (Fsp3) is 0.417. The van der Waals surface area contributed by atoms with Crippen LogP contribution in [0, 0.1) is 20.8 Å². The van der Waals surface area contributed by atoms with Crippen LogP contribution in [0.5, 0.6) is 0 Å². The van der Waals surface area contributed by atoms with Crippen molar-refractivity contribution in [1.82, 2.24) is 0 Å². The van der Waals surface area contributed by atoms with Crippen LogP contribution in [-0.2, 0) is 11.2 Å². The summed E-state index contributed by atoms with van der Waals surface area (Å²) in [6, 6.07) is 3.88. The van der Waals surface area contributed by atoms with Gasteiger partial charge in [0.1, 0.15) is 0 Å². The third kappa shape index (κ3) is 2.78. The van der Waals surface area contributed by atoms with Gasteiger partial charge in [0.2, 0.25) is 6.17 Å². The van der Waals surface area contributed by atoms with Gasteiger partial charge in [-0.25, -0.2) is 9.18 Å². The smallest absolute Gasteiger partial charge is 0.338 e. The van der Waals surface area contributed by atoms with Gasteiger partial charge < -0.3 is 5.11 Å². The van der Waals surface area contributed by atoms with Crippen molar-refractivity contribution in [3.8, 4) is 0 Å². The molecule has 3 heteroatoms. The van der Waals surface area contributed by atoms with E-state index in [9.17, 15) is 9.18 Å². The van der Waals surface area contributed by atoms with Crippen LogP contribution < -0.4 is 0 Å². The van der Waals surface area contributed by atoms with E-state index in [4.69, 9.17) is 5.11 Å². The van der Waals surface area contributed by atoms with E-state index in [1.54, 1.807) is 0 Å². The van der Waals surface area contributed by atoms with Crippen LogP contribution in [0.3, 0.4) is 0 Å². The summed E-state index contributed by atoms with van der Waals surface area (Å²) in [4.78, 5) is 10.4. The number of carboxylic acids is 1. The number of aliphatic carboxylic acids is 1. The molecular formula is C12H15FO2. The third-order valence-electron chi connectivity index (χ3n) is 2.49. The molecule has 0 aliphatic carbocycles. The highest BCUT2D eigenvalue weighted by atomic mass is 19.1. The number of hydrogen-bond acceptors (Lipinski definition) is 1. The monoisotopic (exact) mass is 210 g/mol. The molecule has 0 aliphatic heterocycles. The predicted octanol–water partition coefficient (Wildman–Crippen LogP) is 2.58. The second-order valence-electron chi connectivity index (χ2n) is 3.89. The molecule has 1 unspecified atom stereocenters. The molecule has 0 aliphatic rings. The van der Waals surface area contributed by atoms with Crippen molar-refractivity contribution in [2.24, 2.45) is 0 Å². The molecule has 1 rings (SSSR count). The molecule has 1 atom stereocenters. The second-order valence-corrected chi connectivity index (χ2v) is 3.89. The predicted molar refractivity (Wildman–Crippen MR) is 56.9 cm³/mol. The molecule has 0 saturated carbocycles. The van der Waals surface area contributed by atoms with Crippen molar-refractivity contribution < 1.29 is 14.3 Å². The maximum Gasteiger partial charge on any atom is 0.338 e. The third-order valence-corrected chi connectivity index (χ3v) is 2.49. The van der Waals surface area contributed by atoms with Crippen LogP contribution >= 0.6 is 0 Å². The number of aryl methyl sites for hydroxylation is 3. The van der Waals surface area contributed by atoms with E-state index in [-0.39, 0.29) is 6.42 Å². The van der Waals surface area contributed by atoms with Gasteiger partial charge in [-0.1, -0.05) is 17.7 Å². The van der Waals surface area contributed by atoms with Gasteiger partial charge in [0.15, 0.2) is 0 Å². The standard InChI is InChI=1S/C12H15FO2/c1-7-4-8(2)10(9(3)5-7)6-11(13)12(14)15/h4-5,11H,6H2,1-3H3,(H,14,15). The number of carbonyl (C=O) groups is 1. The van der Waals surface area contributed by atoms with Crippen LogP contribution in [0.4, 0.5) is 4.39 Å². The lowest BCUT2D eigenvalue weighted by Crippen LogP contribution is -2.18. The van der Waals surface area contributed by atoms with Gasteiger partial charge in [-0.15, -0.1) is 0 Å². The minimum atomic E-state index is -1.81. The molecule has 2 nitrogen and oxygen atoms in total. The molecule has 0 spiro atoms. The van der Waals surface area contributed by atoms with Crippen molar-refractivity contribution >= 4 is 5.97 Å². The number of benzene rings is 1. The van der Waals surface area contributed by atoms with E-state index in [2.05, 4.69) is 0 Å². The Morgan fingerprint density at radius 3 is 2.20 bits per heavy atom. The largest absolute Gasteiger partial charge is 0.479 e. The molecule has 0 heterocycles. The van der Waals surface area contributed by atoms with Crippen molar-refractivity contribution in [1.29, 1.82) is 0 Å². The van der Waals surface area contributed by atoms with E-state index in [0.29, 0.717) is 0 Å². The number of halogens is 1. The number of carboxylic acid groups (broad SMARTS) is 1. The average molecular weight is 210 g/mol. The summed E-state index contributed by atoms with van der Waals surface area (Å²) in [6.07, 6.45) is -1.86. The summed E-state index contributed by atoms with van der Waals surface area (Å²) in [6.45, 7) is 5.72. The quantitative estimate of drug-likeness (QED) is 0.832. The Kier molecular flexibility index (Phi) is 3.45. The van der Waals surface area contributed by atoms with Crippen LogP contribution in [-0.4, -0.2) is 17.2 Å². The SMILES string of the molecule is Cc1cc(C)c(CC(F)C(=O)O)c(C)c1. The van der Waals surface area contributed by atoms with Gasteiger partial charge in [-0.05, 0) is 37.5 Å². The van der Waals surface area contributed by atoms with E-state index in [1.165, 1.54) is 0 Å². The average Bonchev–Trinajstić information content (AvgIpc) is 2.10. The lowest BCUT2D eigenvalue weighted by Gasteiger charge is -2.11. The first-order valence-corrected chi connectivity index (χ1v) is 4.85. The van der Waals surface area contributed by atoms with Gasteiger partial charge in [0.05, 0.1) is 0 Å². The summed E-state index contributed by atoms with van der Waals surface area (Å²) in [5.41, 5.74) is 3.82. The first kappa shape index (κ1) is 11.7. The van der Waals surface area contributed by atoms with Gasteiger partial charge in [0.25, 0.3) is 0 Å². The van der Waals surface area contributed by atoms with E-state index in [0.717, 1.165) is 22.3 Å². The molecule has 0 saturated heterocycles. The Morgan fingerprint density at radius 1 is 1.33 bits per heavy atom. The molecule has 0 bridgehead atoms. The van der Waals surface area contributed by atoms with E-state index >= 15 is 0 Å². The first-order chi connectivity index (χ1) is 6.91. The fourth-order valence-electron chi connectivity index (χ4n) is 1.80. The Balaban J connectivity index is 3.00. The zero-order valence-electron chi connectivity index (χ0n) is 9.17. The Hall–Kier alpha value is -1.38. The highest BCUT2D eigenvalue weighted by Gasteiger charge is 2.18. The molecule has 1 N–H and O–H groups in total. The molecule has 0 amide bonds. The zero-order chi connectivity index (χ0) is 11.6. The Bertz CT molecular complexity index is 362. The Morgan fingerprint density at radius 2 is 1.80 bits per heavy atom. The van der Waals surface area contributed by atoms with Gasteiger partial charge in [-0.3, -0.25) is 0 Å². The second kappa shape index (κ2) is 4.43. The van der Waals surface area contributed by atoms with Crippen molar-refractivity contribution in [2.75, 3.05) is 0 Å². The summed E-state index contributed by atoms with van der Waals surface area (Å²) in [5.74, 6) is -1.39. The van der Waals surface area contributed by atoms with Crippen LogP contribution in [0.2, 0.25) is 0 Å². The summed E-state index contributed by atoms with van der Waals surface area (Å²) in [7, 11) is 0. The number of hydrogen-bond donors (Lipinski definition) is 1. The van der Waals surface area contributed by atoms with Crippen LogP contribution in [0.1, 0.15) is 22.3 Å². The molecule has 15 heavy (non-hydrogen) atoms. The van der Waals surface area contributed by atoms with Gasteiger partial charge >= 0.3 is 5.97 Å². The summed E-state index contributed by atoms with van der Waals surface area (Å²) in [5, 5.41) is 8.50. The summed E-state index contributed by atoms with van der Waals surface area (Å²) < 4.78 is 13.1. The lowest BCUT2D eigenvalue weighted by molar-refractivity contribution is -0.142. The molecular weight excluding hydrogens is 195 g/mol. The number of alkyl halides is 1. The molecule has 0 aromatic heterocycles. The highest BCUT2D eigenvalue weighted by Crippen LogP contribution is 2.19. The molecule has 0 fully saturated rings. The van der Waals surface area contributed by atoms with E-state index < -0.39 is 12.1 Å². The molecule has 1 aromatic carbocycles. The minimum absolute atomic E-state index is 0.0483. The van der Waals surface area contributed by atoms with Gasteiger partial charge in [-0.2, -0.15) is 0 Å². The molecule has 0 radical (unpaired) electrons. The summed E-state index contributed by atoms with van der Waals surface area (Å²) >= 11 is 0. The van der Waals surface area contributed by atoms with Gasteiger partial charge in [0, 0.05) is 6.42 Å². The van der Waals surface area contributed by atoms with E-state index in [1.807, 2.05) is 32.9 Å². The first-order valence-electron chi connectivity index (χ1n) is 4.85. The zero-order valence-corrected chi connectivity index (χ0v) is 9.17. The van der Waals surface area contributed by atoms with Crippen molar-refractivity contribution in [3.63, 3.8) is 0 Å². The molecule has 82 valence electrons. The lowest BCUT2D eigenvalue weighted by atomic mass is 9.96. The fourth-order valence-corrected chi connectivity index (χ4v) is 1.80. The number of rotatable bonds is 3. The van der Waals surface area contributed by atoms with Crippen molar-refractivity contribution in [2.45, 2.75) is 33.4 Å². The van der Waals surface area contributed by atoms with Crippen LogP contribution in [0.25, 0.3) is 0 Å². The van der Waals surface area contributed by atoms with Crippen LogP contribution in [0.15, 0.2) is 12.1 Å². The molecule has 1 aromatic rings. The highest BCUT2D eigenvalue weighted by molar-refractivity contribution is 5.72. The van der Waals surface area contributed by atoms with Crippen molar-refractivity contribution in [3.05, 3.63) is 34.4 Å².